The van der Waals surface area contributed by atoms with Gasteiger partial charge in [-0.3, -0.25) is 4.99 Å². The molecular formula is C11H23N3O. The maximum Gasteiger partial charge on any atom is 0.194 e. The van der Waals surface area contributed by atoms with Gasteiger partial charge in [0, 0.05) is 25.2 Å². The number of aliphatic imine (C=N–C) groups is 1. The summed E-state index contributed by atoms with van der Waals surface area (Å²) >= 11 is 0. The average Bonchev–Trinajstić information content (AvgIpc) is 2.17. The van der Waals surface area contributed by atoms with Crippen LogP contribution in [0.2, 0.25) is 0 Å². The molecule has 1 heterocycles. The first-order valence-electron chi connectivity index (χ1n) is 5.76. The summed E-state index contributed by atoms with van der Waals surface area (Å²) in [5.74, 6) is 1.02. The number of nitrogens with zero attached hydrogens (tertiary/aromatic N) is 2. The van der Waals surface area contributed by atoms with E-state index in [0.29, 0.717) is 12.1 Å². The van der Waals surface area contributed by atoms with E-state index >= 15 is 0 Å². The third-order valence-corrected chi connectivity index (χ3v) is 2.11. The van der Waals surface area contributed by atoms with Crippen molar-refractivity contribution in [1.82, 2.24) is 10.2 Å². The van der Waals surface area contributed by atoms with Crippen LogP contribution in [0.15, 0.2) is 4.99 Å². The summed E-state index contributed by atoms with van der Waals surface area (Å²) in [6.45, 7) is 11.9. The quantitative estimate of drug-likeness (QED) is 0.551. The zero-order chi connectivity index (χ0) is 11.3. The van der Waals surface area contributed by atoms with Crippen molar-refractivity contribution < 1.29 is 4.74 Å². The van der Waals surface area contributed by atoms with Crippen LogP contribution in [-0.2, 0) is 4.74 Å². The second kappa shape index (κ2) is 5.95. The van der Waals surface area contributed by atoms with E-state index in [1.54, 1.807) is 0 Å². The molecule has 0 amide bonds. The van der Waals surface area contributed by atoms with Gasteiger partial charge in [-0.05, 0) is 27.7 Å². The summed E-state index contributed by atoms with van der Waals surface area (Å²) in [5.41, 5.74) is 0. The van der Waals surface area contributed by atoms with Gasteiger partial charge in [0.05, 0.1) is 13.2 Å². The molecule has 0 aromatic heterocycles. The molecule has 0 radical (unpaired) electrons. The number of nitrogens with one attached hydrogen (secondary N) is 1. The molecule has 0 bridgehead atoms. The predicted octanol–water partition coefficient (Wildman–Crippen LogP) is 1.08. The van der Waals surface area contributed by atoms with Crippen molar-refractivity contribution in [2.75, 3.05) is 26.3 Å². The number of guanidine groups is 1. The maximum absolute atomic E-state index is 5.34. The number of rotatable bonds is 2. The van der Waals surface area contributed by atoms with Crippen molar-refractivity contribution >= 4 is 5.96 Å². The van der Waals surface area contributed by atoms with E-state index in [1.165, 1.54) is 0 Å². The lowest BCUT2D eigenvalue weighted by Crippen LogP contribution is -2.49. The molecule has 15 heavy (non-hydrogen) atoms. The Labute approximate surface area is 92.7 Å². The lowest BCUT2D eigenvalue weighted by Gasteiger charge is -2.31. The molecule has 0 atom stereocenters. The molecule has 1 rings (SSSR count). The third kappa shape index (κ3) is 4.51. The normalized spacial score (nSPS) is 18.8. The van der Waals surface area contributed by atoms with Gasteiger partial charge in [-0.25, -0.2) is 0 Å². The molecule has 0 aromatic carbocycles. The molecule has 1 saturated heterocycles. The Bertz CT molecular complexity index is 208. The van der Waals surface area contributed by atoms with Crippen molar-refractivity contribution in [3.8, 4) is 0 Å². The molecule has 0 spiro atoms. The standard InChI is InChI=1S/C11H23N3O/c1-9(2)12-11(13-10(3)4)14-5-7-15-8-6-14/h9-10H,5-8H2,1-4H3,(H,12,13). The lowest BCUT2D eigenvalue weighted by atomic mass is 10.3. The summed E-state index contributed by atoms with van der Waals surface area (Å²) in [4.78, 5) is 6.88. The monoisotopic (exact) mass is 213 g/mol. The van der Waals surface area contributed by atoms with Crippen LogP contribution in [0.25, 0.3) is 0 Å². The highest BCUT2D eigenvalue weighted by Crippen LogP contribution is 2.00. The largest absolute Gasteiger partial charge is 0.378 e. The Morgan fingerprint density at radius 3 is 2.27 bits per heavy atom. The van der Waals surface area contributed by atoms with Gasteiger partial charge in [0.25, 0.3) is 0 Å². The fourth-order valence-electron chi connectivity index (χ4n) is 1.49. The molecule has 0 saturated carbocycles. The summed E-state index contributed by atoms with van der Waals surface area (Å²) in [6.07, 6.45) is 0. The van der Waals surface area contributed by atoms with Crippen LogP contribution in [0.4, 0.5) is 0 Å². The zero-order valence-electron chi connectivity index (χ0n) is 10.3. The summed E-state index contributed by atoms with van der Waals surface area (Å²) in [6, 6.07) is 0.749. The maximum atomic E-state index is 5.34. The molecule has 1 aliphatic rings. The molecule has 4 nitrogen and oxygen atoms in total. The van der Waals surface area contributed by atoms with Gasteiger partial charge in [-0.1, -0.05) is 0 Å². The SMILES string of the molecule is CC(C)N=C(NC(C)C)N1CCOCC1. The van der Waals surface area contributed by atoms with E-state index in [-0.39, 0.29) is 0 Å². The van der Waals surface area contributed by atoms with Gasteiger partial charge in [-0.2, -0.15) is 0 Å². The van der Waals surface area contributed by atoms with Crippen LogP contribution in [0.5, 0.6) is 0 Å². The van der Waals surface area contributed by atoms with Gasteiger partial charge in [-0.15, -0.1) is 0 Å². The van der Waals surface area contributed by atoms with Crippen molar-refractivity contribution in [3.63, 3.8) is 0 Å². The van der Waals surface area contributed by atoms with E-state index in [1.807, 2.05) is 0 Å². The van der Waals surface area contributed by atoms with Crippen LogP contribution in [-0.4, -0.2) is 49.2 Å². The molecule has 88 valence electrons. The Kier molecular flexibility index (Phi) is 4.88. The molecule has 1 N–H and O–H groups in total. The summed E-state index contributed by atoms with van der Waals surface area (Å²) < 4.78 is 5.34. The minimum Gasteiger partial charge on any atom is -0.378 e. The van der Waals surface area contributed by atoms with Crippen LogP contribution in [0.3, 0.4) is 0 Å². The van der Waals surface area contributed by atoms with E-state index < -0.39 is 0 Å². The molecular weight excluding hydrogens is 190 g/mol. The van der Waals surface area contributed by atoms with Crippen molar-refractivity contribution in [2.24, 2.45) is 4.99 Å². The summed E-state index contributed by atoms with van der Waals surface area (Å²) in [7, 11) is 0. The van der Waals surface area contributed by atoms with Gasteiger partial charge in [0.1, 0.15) is 0 Å². The minimum absolute atomic E-state index is 0.328. The Morgan fingerprint density at radius 2 is 1.80 bits per heavy atom. The molecule has 1 aliphatic heterocycles. The Balaban J connectivity index is 2.61. The Hall–Kier alpha value is -0.770. The molecule has 1 fully saturated rings. The Morgan fingerprint density at radius 1 is 1.20 bits per heavy atom. The molecule has 4 heteroatoms. The second-order valence-electron chi connectivity index (χ2n) is 4.44. The predicted molar refractivity (Wildman–Crippen MR) is 63.2 cm³/mol. The first-order valence-corrected chi connectivity index (χ1v) is 5.76. The fourth-order valence-corrected chi connectivity index (χ4v) is 1.49. The van der Waals surface area contributed by atoms with Gasteiger partial charge in [0.15, 0.2) is 5.96 Å². The minimum atomic E-state index is 0.328. The second-order valence-corrected chi connectivity index (χ2v) is 4.44. The van der Waals surface area contributed by atoms with Gasteiger partial charge >= 0.3 is 0 Å². The highest BCUT2D eigenvalue weighted by Gasteiger charge is 2.15. The zero-order valence-corrected chi connectivity index (χ0v) is 10.3. The van der Waals surface area contributed by atoms with Crippen molar-refractivity contribution in [1.29, 1.82) is 0 Å². The van der Waals surface area contributed by atoms with Crippen LogP contribution < -0.4 is 5.32 Å². The molecule has 0 aromatic rings. The number of morpholine rings is 1. The van der Waals surface area contributed by atoms with E-state index in [9.17, 15) is 0 Å². The van der Waals surface area contributed by atoms with Crippen LogP contribution >= 0.6 is 0 Å². The number of hydrogen-bond donors (Lipinski definition) is 1. The average molecular weight is 213 g/mol. The first kappa shape index (κ1) is 12.3. The van der Waals surface area contributed by atoms with Crippen molar-refractivity contribution in [3.05, 3.63) is 0 Å². The molecule has 0 aliphatic carbocycles. The van der Waals surface area contributed by atoms with Gasteiger partial charge in [0.2, 0.25) is 0 Å². The highest BCUT2D eigenvalue weighted by molar-refractivity contribution is 5.80. The first-order chi connectivity index (χ1) is 7.09. The summed E-state index contributed by atoms with van der Waals surface area (Å²) in [5, 5.41) is 3.40. The van der Waals surface area contributed by atoms with E-state index in [4.69, 9.17) is 4.74 Å². The topological polar surface area (TPSA) is 36.9 Å². The van der Waals surface area contributed by atoms with Gasteiger partial charge < -0.3 is 15.0 Å². The van der Waals surface area contributed by atoms with Crippen LogP contribution in [0.1, 0.15) is 27.7 Å². The lowest BCUT2D eigenvalue weighted by molar-refractivity contribution is 0.0661. The number of hydrogen-bond acceptors (Lipinski definition) is 2. The van der Waals surface area contributed by atoms with Crippen LogP contribution in [0, 0.1) is 0 Å². The van der Waals surface area contributed by atoms with E-state index in [2.05, 4.69) is 42.9 Å². The highest BCUT2D eigenvalue weighted by atomic mass is 16.5. The third-order valence-electron chi connectivity index (χ3n) is 2.11. The molecule has 0 unspecified atom stereocenters. The number of ether oxygens (including phenoxy) is 1. The fraction of sp³-hybridized carbons (Fsp3) is 0.909. The smallest absolute Gasteiger partial charge is 0.194 e. The van der Waals surface area contributed by atoms with E-state index in [0.717, 1.165) is 32.3 Å². The van der Waals surface area contributed by atoms with Crippen molar-refractivity contribution in [2.45, 2.75) is 39.8 Å².